The van der Waals surface area contributed by atoms with Crippen LogP contribution < -0.4 is 5.32 Å². The number of aryl methyl sites for hydroxylation is 2. The van der Waals surface area contributed by atoms with E-state index in [0.717, 1.165) is 6.42 Å². The molecule has 0 saturated carbocycles. The van der Waals surface area contributed by atoms with Crippen molar-refractivity contribution in [1.29, 1.82) is 0 Å². The number of aromatic nitrogens is 2. The first-order valence-corrected chi connectivity index (χ1v) is 8.30. The van der Waals surface area contributed by atoms with Crippen molar-refractivity contribution < 1.29 is 13.3 Å². The second-order valence-electron chi connectivity index (χ2n) is 4.43. The summed E-state index contributed by atoms with van der Waals surface area (Å²) in [4.78, 5) is 10.6. The molecule has 0 spiro atoms. The van der Waals surface area contributed by atoms with E-state index in [4.69, 9.17) is 0 Å². The quantitative estimate of drug-likeness (QED) is 0.574. The Balaban J connectivity index is 2.94. The largest absolute Gasteiger partial charge is 0.364 e. The van der Waals surface area contributed by atoms with Gasteiger partial charge in [0, 0.05) is 18.8 Å². The molecule has 9 heteroatoms. The summed E-state index contributed by atoms with van der Waals surface area (Å²) in [6.07, 6.45) is 0.778. The van der Waals surface area contributed by atoms with Gasteiger partial charge < -0.3 is 5.32 Å². The standard InChI is InChI=1S/C11H20N4O4S/c1-4-7-14-11(10(15(16)17)9(3)13-14)12-6-8-20(18,19)5-2/h12H,4-8H2,1-3H3. The summed E-state index contributed by atoms with van der Waals surface area (Å²) in [7, 11) is -3.10. The number of rotatable bonds is 8. The van der Waals surface area contributed by atoms with Crippen LogP contribution in [0.25, 0.3) is 0 Å². The molecular weight excluding hydrogens is 284 g/mol. The van der Waals surface area contributed by atoms with Gasteiger partial charge in [-0.25, -0.2) is 13.1 Å². The van der Waals surface area contributed by atoms with E-state index in [2.05, 4.69) is 10.4 Å². The second-order valence-corrected chi connectivity index (χ2v) is 6.90. The molecule has 0 aromatic carbocycles. The Hall–Kier alpha value is -1.64. The molecular formula is C11H20N4O4S. The first-order chi connectivity index (χ1) is 9.32. The molecule has 1 aromatic rings. The van der Waals surface area contributed by atoms with Crippen LogP contribution in [0.5, 0.6) is 0 Å². The molecule has 0 unspecified atom stereocenters. The summed E-state index contributed by atoms with van der Waals surface area (Å²) in [5, 5.41) is 18.0. The van der Waals surface area contributed by atoms with E-state index in [0.29, 0.717) is 12.2 Å². The van der Waals surface area contributed by atoms with Crippen LogP contribution in [0, 0.1) is 17.0 Å². The third kappa shape index (κ3) is 3.92. The van der Waals surface area contributed by atoms with E-state index in [-0.39, 0.29) is 29.6 Å². The predicted molar refractivity (Wildman–Crippen MR) is 76.7 cm³/mol. The van der Waals surface area contributed by atoms with Crippen LogP contribution >= 0.6 is 0 Å². The van der Waals surface area contributed by atoms with Crippen molar-refractivity contribution in [3.05, 3.63) is 15.8 Å². The zero-order valence-corrected chi connectivity index (χ0v) is 12.7. The first-order valence-electron chi connectivity index (χ1n) is 6.48. The van der Waals surface area contributed by atoms with E-state index >= 15 is 0 Å². The highest BCUT2D eigenvalue weighted by molar-refractivity contribution is 7.91. The zero-order chi connectivity index (χ0) is 15.3. The van der Waals surface area contributed by atoms with E-state index in [9.17, 15) is 18.5 Å². The van der Waals surface area contributed by atoms with Crippen LogP contribution in [0.1, 0.15) is 26.0 Å². The molecule has 0 bridgehead atoms. The molecule has 0 atom stereocenters. The summed E-state index contributed by atoms with van der Waals surface area (Å²) in [6.45, 7) is 5.75. The highest BCUT2D eigenvalue weighted by Crippen LogP contribution is 2.28. The Morgan fingerprint density at radius 2 is 2.05 bits per heavy atom. The lowest BCUT2D eigenvalue weighted by molar-refractivity contribution is -0.384. The molecule has 20 heavy (non-hydrogen) atoms. The summed E-state index contributed by atoms with van der Waals surface area (Å²) < 4.78 is 24.4. The smallest absolute Gasteiger partial charge is 0.333 e. The molecule has 114 valence electrons. The van der Waals surface area contributed by atoms with Crippen LogP contribution in [0.3, 0.4) is 0 Å². The maximum Gasteiger partial charge on any atom is 0.333 e. The molecule has 0 radical (unpaired) electrons. The van der Waals surface area contributed by atoms with Gasteiger partial charge in [0.25, 0.3) is 0 Å². The Morgan fingerprint density at radius 1 is 1.40 bits per heavy atom. The van der Waals surface area contributed by atoms with Gasteiger partial charge >= 0.3 is 5.69 Å². The van der Waals surface area contributed by atoms with Gasteiger partial charge in [0.05, 0.1) is 10.7 Å². The highest BCUT2D eigenvalue weighted by atomic mass is 32.2. The number of hydrogen-bond acceptors (Lipinski definition) is 6. The molecule has 0 fully saturated rings. The fourth-order valence-electron chi connectivity index (χ4n) is 1.81. The van der Waals surface area contributed by atoms with Crippen molar-refractivity contribution in [2.75, 3.05) is 23.4 Å². The van der Waals surface area contributed by atoms with E-state index in [1.54, 1.807) is 13.8 Å². The molecule has 8 nitrogen and oxygen atoms in total. The minimum atomic E-state index is -3.10. The Morgan fingerprint density at radius 3 is 2.55 bits per heavy atom. The summed E-state index contributed by atoms with van der Waals surface area (Å²) in [6, 6.07) is 0. The molecule has 1 N–H and O–H groups in total. The van der Waals surface area contributed by atoms with Crippen molar-refractivity contribution in [2.45, 2.75) is 33.7 Å². The van der Waals surface area contributed by atoms with Crippen molar-refractivity contribution >= 4 is 21.3 Å². The van der Waals surface area contributed by atoms with Gasteiger partial charge in [-0.15, -0.1) is 0 Å². The van der Waals surface area contributed by atoms with Gasteiger partial charge in [-0.1, -0.05) is 13.8 Å². The van der Waals surface area contributed by atoms with Gasteiger partial charge in [0.2, 0.25) is 5.82 Å². The third-order valence-electron chi connectivity index (χ3n) is 2.86. The lowest BCUT2D eigenvalue weighted by atomic mass is 10.4. The van der Waals surface area contributed by atoms with Crippen molar-refractivity contribution in [1.82, 2.24) is 9.78 Å². The normalized spacial score (nSPS) is 11.6. The third-order valence-corrected chi connectivity index (χ3v) is 4.56. The average molecular weight is 304 g/mol. The molecule has 0 aliphatic heterocycles. The lowest BCUT2D eigenvalue weighted by Gasteiger charge is -2.08. The number of nitro groups is 1. The minimum Gasteiger partial charge on any atom is -0.364 e. The van der Waals surface area contributed by atoms with Gasteiger partial charge in [0.1, 0.15) is 5.69 Å². The zero-order valence-electron chi connectivity index (χ0n) is 11.9. The maximum atomic E-state index is 11.4. The van der Waals surface area contributed by atoms with Crippen molar-refractivity contribution in [2.24, 2.45) is 0 Å². The minimum absolute atomic E-state index is 0.0585. The number of sulfone groups is 1. The van der Waals surface area contributed by atoms with Crippen LogP contribution in [-0.4, -0.2) is 41.2 Å². The Bertz CT molecular complexity index is 579. The fourth-order valence-corrected chi connectivity index (χ4v) is 2.51. The Labute approximate surface area is 118 Å². The number of hydrogen-bond donors (Lipinski definition) is 1. The maximum absolute atomic E-state index is 11.4. The van der Waals surface area contributed by atoms with Crippen LogP contribution in [-0.2, 0) is 16.4 Å². The number of nitrogens with zero attached hydrogens (tertiary/aromatic N) is 3. The number of nitrogens with one attached hydrogen (secondary N) is 1. The van der Waals surface area contributed by atoms with Crippen molar-refractivity contribution in [3.63, 3.8) is 0 Å². The summed E-state index contributed by atoms with van der Waals surface area (Å²) >= 11 is 0. The SMILES string of the molecule is CCCn1nc(C)c([N+](=O)[O-])c1NCCS(=O)(=O)CC. The van der Waals surface area contributed by atoms with Crippen molar-refractivity contribution in [3.8, 4) is 0 Å². The number of anilines is 1. The van der Waals surface area contributed by atoms with E-state index in [1.165, 1.54) is 4.68 Å². The monoisotopic (exact) mass is 304 g/mol. The molecule has 0 aliphatic rings. The van der Waals surface area contributed by atoms with Gasteiger partial charge in [-0.05, 0) is 13.3 Å². The highest BCUT2D eigenvalue weighted by Gasteiger charge is 2.25. The molecule has 1 heterocycles. The molecule has 1 aromatic heterocycles. The van der Waals surface area contributed by atoms with Crippen LogP contribution in [0.4, 0.5) is 11.5 Å². The molecule has 0 aliphatic carbocycles. The summed E-state index contributed by atoms with van der Waals surface area (Å²) in [5.41, 5.74) is 0.233. The molecule has 0 amide bonds. The van der Waals surface area contributed by atoms with E-state index in [1.807, 2.05) is 6.92 Å². The lowest BCUT2D eigenvalue weighted by Crippen LogP contribution is -2.19. The predicted octanol–water partition coefficient (Wildman–Crippen LogP) is 1.36. The van der Waals surface area contributed by atoms with Gasteiger partial charge in [0.15, 0.2) is 9.84 Å². The van der Waals surface area contributed by atoms with Gasteiger partial charge in [-0.3, -0.25) is 10.1 Å². The topological polar surface area (TPSA) is 107 Å². The fraction of sp³-hybridized carbons (Fsp3) is 0.727. The molecule has 1 rings (SSSR count). The van der Waals surface area contributed by atoms with Crippen LogP contribution in [0.2, 0.25) is 0 Å². The van der Waals surface area contributed by atoms with Crippen LogP contribution in [0.15, 0.2) is 0 Å². The van der Waals surface area contributed by atoms with E-state index < -0.39 is 14.8 Å². The average Bonchev–Trinajstić information content (AvgIpc) is 2.66. The second kappa shape index (κ2) is 6.69. The Kier molecular flexibility index (Phi) is 5.49. The molecule has 0 saturated heterocycles. The van der Waals surface area contributed by atoms with Gasteiger partial charge in [-0.2, -0.15) is 5.10 Å². The summed E-state index contributed by atoms with van der Waals surface area (Å²) in [5.74, 6) is 0.279. The first kappa shape index (κ1) is 16.4.